The van der Waals surface area contributed by atoms with Gasteiger partial charge >= 0.3 is 0 Å². The largest absolute Gasteiger partial charge is 0.394 e. The first-order valence-corrected chi connectivity index (χ1v) is 7.59. The summed E-state index contributed by atoms with van der Waals surface area (Å²) in [6.07, 6.45) is -11.8. The lowest BCUT2D eigenvalue weighted by Gasteiger charge is -2.50. The van der Waals surface area contributed by atoms with Crippen molar-refractivity contribution in [3.8, 4) is 0 Å². The van der Waals surface area contributed by atoms with E-state index in [2.05, 4.69) is 5.32 Å². The highest BCUT2D eigenvalue weighted by Crippen LogP contribution is 2.34. The molecule has 11 heteroatoms. The van der Waals surface area contributed by atoms with E-state index < -0.39 is 80.3 Å². The van der Waals surface area contributed by atoms with Crippen LogP contribution in [0.15, 0.2) is 0 Å². The molecule has 3 aliphatic rings. The second-order valence-corrected chi connectivity index (χ2v) is 6.10. The molecule has 138 valence electrons. The third-order valence-corrected chi connectivity index (χ3v) is 4.63. The minimum Gasteiger partial charge on any atom is -0.394 e. The third-order valence-electron chi connectivity index (χ3n) is 4.63. The van der Waals surface area contributed by atoms with Crippen LogP contribution in [0.3, 0.4) is 0 Å². The minimum atomic E-state index is -1.66. The Morgan fingerprint density at radius 1 is 0.917 bits per heavy atom. The van der Waals surface area contributed by atoms with Crippen LogP contribution in [0.4, 0.5) is 0 Å². The average molecular weight is 351 g/mol. The SMILES string of the molecule is O=C1N[C@H]2O[C@H](CO)[C@@H](O[C@@H]3O[C@H](CO)[C@H](O)[C@H](O)[C@H]3O)[C@H](O)[C@@H]12. The highest BCUT2D eigenvalue weighted by molar-refractivity contribution is 5.86. The summed E-state index contributed by atoms with van der Waals surface area (Å²) in [6, 6.07) is 0. The van der Waals surface area contributed by atoms with Gasteiger partial charge in [-0.3, -0.25) is 4.79 Å². The van der Waals surface area contributed by atoms with Crippen molar-refractivity contribution in [3.63, 3.8) is 0 Å². The van der Waals surface area contributed by atoms with Crippen molar-refractivity contribution < 1.29 is 49.6 Å². The summed E-state index contributed by atoms with van der Waals surface area (Å²) in [4.78, 5) is 11.5. The van der Waals surface area contributed by atoms with Crippen molar-refractivity contribution in [1.29, 1.82) is 0 Å². The smallest absolute Gasteiger partial charge is 0.232 e. The van der Waals surface area contributed by atoms with Gasteiger partial charge in [-0.2, -0.15) is 0 Å². The number of carbonyl (C=O) groups excluding carboxylic acids is 1. The predicted octanol–water partition coefficient (Wildman–Crippen LogP) is -5.00. The van der Waals surface area contributed by atoms with Crippen LogP contribution in [-0.4, -0.2) is 105 Å². The number of fused-ring (bicyclic) bond motifs is 1. The molecular formula is C13H21NO10. The molecule has 0 bridgehead atoms. The van der Waals surface area contributed by atoms with Crippen LogP contribution >= 0.6 is 0 Å². The molecule has 11 nitrogen and oxygen atoms in total. The summed E-state index contributed by atoms with van der Waals surface area (Å²) >= 11 is 0. The Bertz CT molecular complexity index is 476. The summed E-state index contributed by atoms with van der Waals surface area (Å²) < 4.78 is 16.0. The molecule has 10 atom stereocenters. The van der Waals surface area contributed by atoms with Gasteiger partial charge in [-0.25, -0.2) is 0 Å². The summed E-state index contributed by atoms with van der Waals surface area (Å²) in [5, 5.41) is 60.8. The fourth-order valence-electron chi connectivity index (χ4n) is 3.16. The molecule has 0 aromatic heterocycles. The van der Waals surface area contributed by atoms with Gasteiger partial charge in [0.05, 0.1) is 19.3 Å². The van der Waals surface area contributed by atoms with Gasteiger partial charge in [-0.15, -0.1) is 0 Å². The first kappa shape index (κ1) is 17.9. The van der Waals surface area contributed by atoms with Crippen molar-refractivity contribution in [2.24, 2.45) is 5.92 Å². The molecule has 3 saturated heterocycles. The van der Waals surface area contributed by atoms with Crippen molar-refractivity contribution in [3.05, 3.63) is 0 Å². The number of ether oxygens (including phenoxy) is 3. The van der Waals surface area contributed by atoms with E-state index in [9.17, 15) is 30.3 Å². The zero-order valence-electron chi connectivity index (χ0n) is 12.5. The lowest BCUT2D eigenvalue weighted by molar-refractivity contribution is -0.342. The van der Waals surface area contributed by atoms with E-state index in [1.165, 1.54) is 0 Å². The lowest BCUT2D eigenvalue weighted by Crippen LogP contribution is -2.73. The van der Waals surface area contributed by atoms with E-state index in [1.807, 2.05) is 0 Å². The maximum atomic E-state index is 11.5. The Hall–Kier alpha value is -0.890. The molecule has 0 radical (unpaired) electrons. The molecule has 7 N–H and O–H groups in total. The molecule has 0 aliphatic carbocycles. The van der Waals surface area contributed by atoms with Crippen LogP contribution in [-0.2, 0) is 19.0 Å². The first-order chi connectivity index (χ1) is 11.4. The standard InChI is InChI=1S/C13H21NO10/c15-1-3-6(17)8(19)9(20)13(23-3)24-10-4(2-16)22-12-5(7(10)18)11(21)14-12/h3-10,12-13,15-20H,1-2H2,(H,14,21)/t3-,4-,5+,6+,7-,8+,9-,10-,12+,13+/m1/s1. The molecule has 3 fully saturated rings. The van der Waals surface area contributed by atoms with E-state index >= 15 is 0 Å². The minimum absolute atomic E-state index is 0.439. The Morgan fingerprint density at radius 3 is 2.17 bits per heavy atom. The number of hydrogen-bond acceptors (Lipinski definition) is 10. The van der Waals surface area contributed by atoms with Gasteiger partial charge in [0.15, 0.2) is 6.29 Å². The quantitative estimate of drug-likeness (QED) is 0.243. The summed E-state index contributed by atoms with van der Waals surface area (Å²) in [7, 11) is 0. The highest BCUT2D eigenvalue weighted by Gasteiger charge is 2.56. The van der Waals surface area contributed by atoms with E-state index in [1.54, 1.807) is 0 Å². The molecule has 1 amide bonds. The zero-order valence-corrected chi connectivity index (χ0v) is 12.5. The fraction of sp³-hybridized carbons (Fsp3) is 0.923. The Balaban J connectivity index is 1.73. The second kappa shape index (κ2) is 6.78. The monoisotopic (exact) mass is 351 g/mol. The molecule has 3 aliphatic heterocycles. The fourth-order valence-corrected chi connectivity index (χ4v) is 3.16. The average Bonchev–Trinajstić information content (AvgIpc) is 2.55. The highest BCUT2D eigenvalue weighted by atomic mass is 16.7. The lowest BCUT2D eigenvalue weighted by atomic mass is 9.84. The van der Waals surface area contributed by atoms with Crippen molar-refractivity contribution in [1.82, 2.24) is 5.32 Å². The predicted molar refractivity (Wildman–Crippen MR) is 72.0 cm³/mol. The number of rotatable bonds is 4. The van der Waals surface area contributed by atoms with Gasteiger partial charge in [0.25, 0.3) is 0 Å². The van der Waals surface area contributed by atoms with E-state index in [0.717, 1.165) is 0 Å². The molecule has 0 aromatic carbocycles. The second-order valence-electron chi connectivity index (χ2n) is 6.10. The Labute approximate surface area is 136 Å². The summed E-state index contributed by atoms with van der Waals surface area (Å²) in [5.41, 5.74) is 0. The molecule has 24 heavy (non-hydrogen) atoms. The van der Waals surface area contributed by atoms with Crippen LogP contribution < -0.4 is 5.32 Å². The molecular weight excluding hydrogens is 330 g/mol. The number of carbonyl (C=O) groups is 1. The van der Waals surface area contributed by atoms with Crippen molar-refractivity contribution in [2.45, 2.75) is 55.2 Å². The van der Waals surface area contributed by atoms with Crippen LogP contribution in [0.2, 0.25) is 0 Å². The van der Waals surface area contributed by atoms with Gasteiger partial charge in [0.1, 0.15) is 48.8 Å². The zero-order chi connectivity index (χ0) is 17.6. The van der Waals surface area contributed by atoms with Crippen LogP contribution in [0.25, 0.3) is 0 Å². The molecule has 0 unspecified atom stereocenters. The van der Waals surface area contributed by atoms with Gasteiger partial charge in [0.2, 0.25) is 5.91 Å². The number of aliphatic hydroxyl groups excluding tert-OH is 6. The molecule has 0 saturated carbocycles. The first-order valence-electron chi connectivity index (χ1n) is 7.59. The third kappa shape index (κ3) is 2.81. The normalized spacial score (nSPS) is 51.5. The molecule has 0 aromatic rings. The van der Waals surface area contributed by atoms with E-state index in [0.29, 0.717) is 0 Å². The molecule has 0 spiro atoms. The molecule has 3 heterocycles. The van der Waals surface area contributed by atoms with Crippen LogP contribution in [0.5, 0.6) is 0 Å². The van der Waals surface area contributed by atoms with Gasteiger partial charge in [-0.05, 0) is 0 Å². The molecule has 3 rings (SSSR count). The maximum Gasteiger partial charge on any atom is 0.232 e. The Morgan fingerprint density at radius 2 is 1.58 bits per heavy atom. The summed E-state index contributed by atoms with van der Waals surface area (Å²) in [6.45, 7) is -1.16. The van der Waals surface area contributed by atoms with Crippen molar-refractivity contribution in [2.75, 3.05) is 13.2 Å². The number of hydrogen-bond donors (Lipinski definition) is 7. The van der Waals surface area contributed by atoms with Gasteiger partial charge < -0.3 is 50.2 Å². The maximum absolute atomic E-state index is 11.5. The number of aliphatic hydroxyl groups is 6. The van der Waals surface area contributed by atoms with Crippen LogP contribution in [0, 0.1) is 5.92 Å². The topological polar surface area (TPSA) is 178 Å². The van der Waals surface area contributed by atoms with Crippen molar-refractivity contribution >= 4 is 5.91 Å². The number of β-lactam (4-membered cyclic amide) rings is 1. The van der Waals surface area contributed by atoms with Crippen LogP contribution in [0.1, 0.15) is 0 Å². The Kier molecular flexibility index (Phi) is 5.06. The van der Waals surface area contributed by atoms with Gasteiger partial charge in [0, 0.05) is 0 Å². The number of nitrogens with one attached hydrogen (secondary N) is 1. The number of amides is 1. The van der Waals surface area contributed by atoms with E-state index in [-0.39, 0.29) is 0 Å². The van der Waals surface area contributed by atoms with E-state index in [4.69, 9.17) is 19.3 Å². The van der Waals surface area contributed by atoms with Gasteiger partial charge in [-0.1, -0.05) is 0 Å². The summed E-state index contributed by atoms with van der Waals surface area (Å²) in [5.74, 6) is -1.33.